The molecule has 0 aromatic heterocycles. The average molecular weight is 468 g/mol. The minimum absolute atomic E-state index is 0.199. The molecule has 1 aliphatic heterocycles. The van der Waals surface area contributed by atoms with E-state index in [1.165, 1.54) is 31.2 Å². The fourth-order valence-corrected chi connectivity index (χ4v) is 3.14. The lowest BCUT2D eigenvalue weighted by atomic mass is 10.1. The summed E-state index contributed by atoms with van der Waals surface area (Å²) in [6, 6.07) is 9.98. The Hall–Kier alpha value is -4.34. The standard InChI is InChI=1S/C24H24N2O8/c1-4-32-17-9-7-16(8-10-17)26-22(28)18(21(27)25-24(26)31)12-15-6-11-19(20(13-15)33-5-2)34-14(3)23(29)30/h6-14H,4-5H2,1-3H3,(H,29,30)(H,25,27,31)/b18-12-/t14-/m0/s1. The number of barbiturate groups is 1. The highest BCUT2D eigenvalue weighted by molar-refractivity contribution is 6.39. The summed E-state index contributed by atoms with van der Waals surface area (Å²) in [5.74, 6) is -1.76. The zero-order chi connectivity index (χ0) is 24.8. The third-order valence-electron chi connectivity index (χ3n) is 4.74. The number of hydrogen-bond donors (Lipinski definition) is 2. The van der Waals surface area contributed by atoms with Crippen LogP contribution in [0.5, 0.6) is 17.2 Å². The van der Waals surface area contributed by atoms with Crippen molar-refractivity contribution in [2.24, 2.45) is 0 Å². The van der Waals surface area contributed by atoms with Gasteiger partial charge in [0.1, 0.15) is 11.3 Å². The molecule has 0 saturated carbocycles. The van der Waals surface area contributed by atoms with E-state index in [1.807, 2.05) is 6.92 Å². The summed E-state index contributed by atoms with van der Waals surface area (Å²) in [5, 5.41) is 11.2. The lowest BCUT2D eigenvalue weighted by molar-refractivity contribution is -0.144. The number of aliphatic carboxylic acids is 1. The monoisotopic (exact) mass is 468 g/mol. The molecule has 2 aromatic rings. The molecule has 1 atom stereocenters. The van der Waals surface area contributed by atoms with Crippen LogP contribution in [0.15, 0.2) is 48.0 Å². The number of anilines is 1. The Labute approximate surface area is 195 Å². The molecule has 34 heavy (non-hydrogen) atoms. The number of carbonyl (C=O) groups is 4. The van der Waals surface area contributed by atoms with Crippen LogP contribution in [0.2, 0.25) is 0 Å². The van der Waals surface area contributed by atoms with E-state index in [9.17, 15) is 19.2 Å². The van der Waals surface area contributed by atoms with Crippen LogP contribution in [-0.2, 0) is 14.4 Å². The van der Waals surface area contributed by atoms with Gasteiger partial charge >= 0.3 is 12.0 Å². The molecule has 1 saturated heterocycles. The van der Waals surface area contributed by atoms with Crippen LogP contribution in [0.3, 0.4) is 0 Å². The number of ether oxygens (including phenoxy) is 3. The molecular weight excluding hydrogens is 444 g/mol. The maximum Gasteiger partial charge on any atom is 0.344 e. The summed E-state index contributed by atoms with van der Waals surface area (Å²) >= 11 is 0. The molecule has 0 unspecified atom stereocenters. The Morgan fingerprint density at radius 3 is 2.32 bits per heavy atom. The van der Waals surface area contributed by atoms with Gasteiger partial charge in [0.25, 0.3) is 11.8 Å². The van der Waals surface area contributed by atoms with Gasteiger partial charge in [-0.15, -0.1) is 0 Å². The normalized spacial score (nSPS) is 15.7. The van der Waals surface area contributed by atoms with E-state index in [1.54, 1.807) is 31.2 Å². The predicted octanol–water partition coefficient (Wildman–Crippen LogP) is 3.00. The number of rotatable bonds is 9. The third kappa shape index (κ3) is 5.34. The van der Waals surface area contributed by atoms with Crippen molar-refractivity contribution in [3.8, 4) is 17.2 Å². The van der Waals surface area contributed by atoms with Crippen LogP contribution in [0, 0.1) is 0 Å². The van der Waals surface area contributed by atoms with Crippen molar-refractivity contribution in [1.82, 2.24) is 5.32 Å². The highest BCUT2D eigenvalue weighted by Crippen LogP contribution is 2.31. The molecule has 10 nitrogen and oxygen atoms in total. The molecule has 3 rings (SSSR count). The van der Waals surface area contributed by atoms with E-state index in [-0.39, 0.29) is 29.4 Å². The summed E-state index contributed by atoms with van der Waals surface area (Å²) in [7, 11) is 0. The van der Waals surface area contributed by atoms with Crippen molar-refractivity contribution in [2.75, 3.05) is 18.1 Å². The zero-order valence-electron chi connectivity index (χ0n) is 18.9. The number of nitrogens with one attached hydrogen (secondary N) is 1. The smallest absolute Gasteiger partial charge is 0.344 e. The number of nitrogens with zero attached hydrogens (tertiary/aromatic N) is 1. The quantitative estimate of drug-likeness (QED) is 0.424. The second-order valence-corrected chi connectivity index (χ2v) is 7.12. The first-order valence-corrected chi connectivity index (χ1v) is 10.6. The summed E-state index contributed by atoms with van der Waals surface area (Å²) in [6.07, 6.45) is 0.210. The van der Waals surface area contributed by atoms with Crippen molar-refractivity contribution in [3.63, 3.8) is 0 Å². The summed E-state index contributed by atoms with van der Waals surface area (Å²) < 4.78 is 16.3. The van der Waals surface area contributed by atoms with Gasteiger partial charge < -0.3 is 19.3 Å². The van der Waals surface area contributed by atoms with Gasteiger partial charge in [-0.3, -0.25) is 14.9 Å². The van der Waals surface area contributed by atoms with Gasteiger partial charge in [0.15, 0.2) is 17.6 Å². The summed E-state index contributed by atoms with van der Waals surface area (Å²) in [6.45, 7) is 5.70. The van der Waals surface area contributed by atoms with Crippen LogP contribution in [0.1, 0.15) is 26.3 Å². The molecule has 2 N–H and O–H groups in total. The molecule has 4 amide bonds. The average Bonchev–Trinajstić information content (AvgIpc) is 2.79. The highest BCUT2D eigenvalue weighted by Gasteiger charge is 2.36. The van der Waals surface area contributed by atoms with Crippen molar-refractivity contribution in [3.05, 3.63) is 53.6 Å². The minimum atomic E-state index is -1.14. The van der Waals surface area contributed by atoms with E-state index < -0.39 is 29.9 Å². The first-order chi connectivity index (χ1) is 16.2. The zero-order valence-corrected chi connectivity index (χ0v) is 18.9. The number of urea groups is 1. The van der Waals surface area contributed by atoms with E-state index in [0.29, 0.717) is 17.9 Å². The lowest BCUT2D eigenvalue weighted by Crippen LogP contribution is -2.54. The summed E-state index contributed by atoms with van der Waals surface area (Å²) in [4.78, 5) is 49.9. The van der Waals surface area contributed by atoms with Crippen molar-refractivity contribution >= 4 is 35.6 Å². The SMILES string of the molecule is CCOc1ccc(N2C(=O)NC(=O)/C(=C/c3ccc(O[C@@H](C)C(=O)O)c(OCC)c3)C2=O)cc1. The molecular formula is C24H24N2O8. The predicted molar refractivity (Wildman–Crippen MR) is 122 cm³/mol. The van der Waals surface area contributed by atoms with Gasteiger partial charge in [-0.2, -0.15) is 0 Å². The molecule has 178 valence electrons. The maximum absolute atomic E-state index is 13.1. The van der Waals surface area contributed by atoms with E-state index in [0.717, 1.165) is 4.90 Å². The molecule has 1 aliphatic rings. The molecule has 10 heteroatoms. The molecule has 2 aromatic carbocycles. The maximum atomic E-state index is 13.1. The van der Waals surface area contributed by atoms with E-state index in [4.69, 9.17) is 19.3 Å². The molecule has 0 radical (unpaired) electrons. The van der Waals surface area contributed by atoms with Crippen molar-refractivity contribution in [1.29, 1.82) is 0 Å². The number of carboxylic acid groups (broad SMARTS) is 1. The second-order valence-electron chi connectivity index (χ2n) is 7.12. The first kappa shape index (κ1) is 24.3. The largest absolute Gasteiger partial charge is 0.494 e. The number of carboxylic acids is 1. The van der Waals surface area contributed by atoms with Gasteiger partial charge in [-0.1, -0.05) is 6.07 Å². The van der Waals surface area contributed by atoms with E-state index >= 15 is 0 Å². The highest BCUT2D eigenvalue weighted by atomic mass is 16.5. The van der Waals surface area contributed by atoms with Crippen LogP contribution < -0.4 is 24.4 Å². The molecule has 0 bridgehead atoms. The first-order valence-electron chi connectivity index (χ1n) is 10.6. The van der Waals surface area contributed by atoms with Gasteiger partial charge in [-0.25, -0.2) is 14.5 Å². The lowest BCUT2D eigenvalue weighted by Gasteiger charge is -2.26. The Morgan fingerprint density at radius 2 is 1.71 bits per heavy atom. The minimum Gasteiger partial charge on any atom is -0.494 e. The van der Waals surface area contributed by atoms with Gasteiger partial charge in [0.05, 0.1) is 18.9 Å². The molecule has 0 aliphatic carbocycles. The number of hydrogen-bond acceptors (Lipinski definition) is 7. The van der Waals surface area contributed by atoms with Crippen LogP contribution in [0.4, 0.5) is 10.5 Å². The number of imide groups is 2. The third-order valence-corrected chi connectivity index (χ3v) is 4.74. The molecule has 1 fully saturated rings. The topological polar surface area (TPSA) is 131 Å². The second kappa shape index (κ2) is 10.5. The van der Waals surface area contributed by atoms with Crippen LogP contribution >= 0.6 is 0 Å². The van der Waals surface area contributed by atoms with Gasteiger partial charge in [0, 0.05) is 0 Å². The number of amides is 4. The van der Waals surface area contributed by atoms with Crippen LogP contribution in [0.25, 0.3) is 6.08 Å². The summed E-state index contributed by atoms with van der Waals surface area (Å²) in [5.41, 5.74) is 0.424. The Morgan fingerprint density at radius 1 is 1.03 bits per heavy atom. The fraction of sp³-hybridized carbons (Fsp3) is 0.250. The van der Waals surface area contributed by atoms with Crippen LogP contribution in [-0.4, -0.2) is 48.2 Å². The Kier molecular flexibility index (Phi) is 7.52. The number of carbonyl (C=O) groups excluding carboxylic acids is 3. The molecule has 1 heterocycles. The van der Waals surface area contributed by atoms with Gasteiger partial charge in [0.2, 0.25) is 0 Å². The molecule has 0 spiro atoms. The van der Waals surface area contributed by atoms with E-state index in [2.05, 4.69) is 5.32 Å². The fourth-order valence-electron chi connectivity index (χ4n) is 3.14. The van der Waals surface area contributed by atoms with Crippen molar-refractivity contribution < 1.29 is 38.5 Å². The number of benzene rings is 2. The Balaban J connectivity index is 1.93. The Bertz CT molecular complexity index is 1140. The van der Waals surface area contributed by atoms with Crippen molar-refractivity contribution in [2.45, 2.75) is 26.9 Å². The van der Waals surface area contributed by atoms with Gasteiger partial charge in [-0.05, 0) is 68.8 Å².